The van der Waals surface area contributed by atoms with Crippen LogP contribution >= 0.6 is 0 Å². The molecule has 1 aliphatic carbocycles. The molecule has 0 aromatic heterocycles. The third kappa shape index (κ3) is 1.05. The molecule has 0 amide bonds. The van der Waals surface area contributed by atoms with Gasteiger partial charge in [0.2, 0.25) is 0 Å². The summed E-state index contributed by atoms with van der Waals surface area (Å²) >= 11 is 0. The monoisotopic (exact) mass is 96.1 g/mol. The summed E-state index contributed by atoms with van der Waals surface area (Å²) in [6.45, 7) is 4.34. The predicted octanol–water partition coefficient (Wildman–Crippen LogP) is 2.36. The van der Waals surface area contributed by atoms with Crippen LogP contribution < -0.4 is 0 Å². The Hall–Kier alpha value is -0.260. The fraction of sp³-hybridized carbons (Fsp3) is 0.714. The zero-order chi connectivity index (χ0) is 5.28. The van der Waals surface area contributed by atoms with Crippen molar-refractivity contribution in [2.75, 3.05) is 0 Å². The first-order chi connectivity index (χ1) is 3.34. The first-order valence-corrected chi connectivity index (χ1v) is 2.97. The maximum atomic E-state index is 2.22. The molecule has 0 radical (unpaired) electrons. The van der Waals surface area contributed by atoms with Gasteiger partial charge >= 0.3 is 0 Å². The molecular weight excluding hydrogens is 84.1 g/mol. The third-order valence-corrected chi connectivity index (χ3v) is 1.68. The normalized spacial score (nSPS) is 22.9. The highest BCUT2D eigenvalue weighted by Gasteiger charge is 2.21. The Balaban J connectivity index is 2.37. The van der Waals surface area contributed by atoms with Gasteiger partial charge in [-0.05, 0) is 32.6 Å². The molecule has 0 nitrogen and oxygen atoms in total. The zero-order valence-corrected chi connectivity index (χ0v) is 5.07. The maximum absolute atomic E-state index is 2.22. The fourth-order valence-electron chi connectivity index (χ4n) is 0.774. The Labute approximate surface area is 45.2 Å². The van der Waals surface area contributed by atoms with Crippen molar-refractivity contribution in [3.8, 4) is 0 Å². The van der Waals surface area contributed by atoms with Gasteiger partial charge in [0.25, 0.3) is 0 Å². The Morgan fingerprint density at radius 1 is 1.57 bits per heavy atom. The standard InChI is InChI=1S/C7H12/c1-3-6(2)7-4-5-7/h3,7H,4-5H2,1-2H3. The summed E-state index contributed by atoms with van der Waals surface area (Å²) in [4.78, 5) is 0. The second kappa shape index (κ2) is 1.69. The van der Waals surface area contributed by atoms with E-state index in [4.69, 9.17) is 0 Å². The smallest absolute Gasteiger partial charge is 0.0206 e. The molecule has 0 aromatic rings. The minimum atomic E-state index is 0.977. The van der Waals surface area contributed by atoms with Crippen LogP contribution in [0.5, 0.6) is 0 Å². The maximum Gasteiger partial charge on any atom is -0.0206 e. The number of rotatable bonds is 1. The van der Waals surface area contributed by atoms with Gasteiger partial charge in [0, 0.05) is 0 Å². The van der Waals surface area contributed by atoms with Gasteiger partial charge in [-0.25, -0.2) is 0 Å². The van der Waals surface area contributed by atoms with E-state index >= 15 is 0 Å². The highest BCUT2D eigenvalue weighted by atomic mass is 14.3. The molecule has 0 heterocycles. The first-order valence-electron chi connectivity index (χ1n) is 2.97. The van der Waals surface area contributed by atoms with E-state index in [-0.39, 0.29) is 0 Å². The summed E-state index contributed by atoms with van der Waals surface area (Å²) in [7, 11) is 0. The molecule has 1 saturated carbocycles. The van der Waals surface area contributed by atoms with Crippen LogP contribution in [0.1, 0.15) is 26.7 Å². The molecule has 0 aliphatic heterocycles. The highest BCUT2D eigenvalue weighted by molar-refractivity contribution is 5.07. The van der Waals surface area contributed by atoms with E-state index in [1.807, 2.05) is 0 Å². The van der Waals surface area contributed by atoms with E-state index in [9.17, 15) is 0 Å². The van der Waals surface area contributed by atoms with Crippen LogP contribution in [-0.2, 0) is 0 Å². The first kappa shape index (κ1) is 4.89. The molecule has 0 N–H and O–H groups in total. The molecule has 7 heavy (non-hydrogen) atoms. The van der Waals surface area contributed by atoms with Crippen LogP contribution in [0.2, 0.25) is 0 Å². The van der Waals surface area contributed by atoms with Crippen molar-refractivity contribution in [3.63, 3.8) is 0 Å². The topological polar surface area (TPSA) is 0 Å². The lowest BCUT2D eigenvalue weighted by atomic mass is 10.2. The van der Waals surface area contributed by atoms with Gasteiger partial charge in [0.1, 0.15) is 0 Å². The Bertz CT molecular complexity index is 86.2. The van der Waals surface area contributed by atoms with Gasteiger partial charge in [0.05, 0.1) is 0 Å². The minimum Gasteiger partial charge on any atom is -0.0885 e. The van der Waals surface area contributed by atoms with Gasteiger partial charge in [-0.15, -0.1) is 0 Å². The van der Waals surface area contributed by atoms with Crippen LogP contribution in [0.15, 0.2) is 11.6 Å². The molecule has 0 aromatic carbocycles. The Morgan fingerprint density at radius 2 is 2.14 bits per heavy atom. The molecule has 0 heteroatoms. The van der Waals surface area contributed by atoms with E-state index in [1.165, 1.54) is 12.8 Å². The van der Waals surface area contributed by atoms with E-state index in [0.29, 0.717) is 0 Å². The van der Waals surface area contributed by atoms with Gasteiger partial charge in [-0.3, -0.25) is 0 Å². The van der Waals surface area contributed by atoms with Crippen LogP contribution in [-0.4, -0.2) is 0 Å². The molecule has 40 valence electrons. The van der Waals surface area contributed by atoms with E-state index in [2.05, 4.69) is 19.9 Å². The lowest BCUT2D eigenvalue weighted by Crippen LogP contribution is -1.72. The van der Waals surface area contributed by atoms with Crippen LogP contribution in [0.4, 0.5) is 0 Å². The minimum absolute atomic E-state index is 0.977. The molecule has 0 saturated heterocycles. The van der Waals surface area contributed by atoms with Crippen molar-refractivity contribution in [1.29, 1.82) is 0 Å². The molecule has 0 unspecified atom stereocenters. The van der Waals surface area contributed by atoms with Gasteiger partial charge in [-0.1, -0.05) is 11.6 Å². The lowest BCUT2D eigenvalue weighted by Gasteiger charge is -1.88. The van der Waals surface area contributed by atoms with Crippen LogP contribution in [0, 0.1) is 5.92 Å². The SMILES string of the molecule is CC=C(C)C1CC1. The summed E-state index contributed by atoms with van der Waals surface area (Å²) in [6.07, 6.45) is 5.10. The molecule has 0 bridgehead atoms. The molecule has 1 aliphatic rings. The number of hydrogen-bond donors (Lipinski definition) is 0. The largest absolute Gasteiger partial charge is 0.0885 e. The Morgan fingerprint density at radius 3 is 2.29 bits per heavy atom. The fourth-order valence-corrected chi connectivity index (χ4v) is 0.774. The van der Waals surface area contributed by atoms with Crippen LogP contribution in [0.25, 0.3) is 0 Å². The lowest BCUT2D eigenvalue weighted by molar-refractivity contribution is 1.00. The average molecular weight is 96.2 g/mol. The molecular formula is C7H12. The van der Waals surface area contributed by atoms with Crippen molar-refractivity contribution in [3.05, 3.63) is 11.6 Å². The summed E-state index contributed by atoms with van der Waals surface area (Å²) in [5.74, 6) is 0.977. The molecule has 1 rings (SSSR count). The van der Waals surface area contributed by atoms with Gasteiger partial charge < -0.3 is 0 Å². The Kier molecular flexibility index (Phi) is 1.18. The van der Waals surface area contributed by atoms with Crippen LogP contribution in [0.3, 0.4) is 0 Å². The highest BCUT2D eigenvalue weighted by Crippen LogP contribution is 2.35. The number of hydrogen-bond acceptors (Lipinski definition) is 0. The molecule has 1 fully saturated rings. The van der Waals surface area contributed by atoms with Crippen molar-refractivity contribution in [2.24, 2.45) is 5.92 Å². The quantitative estimate of drug-likeness (QED) is 0.439. The van der Waals surface area contributed by atoms with Gasteiger partial charge in [-0.2, -0.15) is 0 Å². The second-order valence-electron chi connectivity index (χ2n) is 2.31. The summed E-state index contributed by atoms with van der Waals surface area (Å²) in [5.41, 5.74) is 1.58. The third-order valence-electron chi connectivity index (χ3n) is 1.68. The molecule has 0 atom stereocenters. The summed E-state index contributed by atoms with van der Waals surface area (Å²) in [6, 6.07) is 0. The zero-order valence-electron chi connectivity index (χ0n) is 5.07. The number of allylic oxidation sites excluding steroid dienone is 2. The van der Waals surface area contributed by atoms with E-state index in [0.717, 1.165) is 5.92 Å². The van der Waals surface area contributed by atoms with Crippen molar-refractivity contribution in [1.82, 2.24) is 0 Å². The van der Waals surface area contributed by atoms with Crippen molar-refractivity contribution in [2.45, 2.75) is 26.7 Å². The van der Waals surface area contributed by atoms with Gasteiger partial charge in [0.15, 0.2) is 0 Å². The predicted molar refractivity (Wildman–Crippen MR) is 32.2 cm³/mol. The summed E-state index contributed by atoms with van der Waals surface area (Å²) < 4.78 is 0. The van der Waals surface area contributed by atoms with E-state index in [1.54, 1.807) is 5.57 Å². The van der Waals surface area contributed by atoms with Crippen molar-refractivity contribution >= 4 is 0 Å². The van der Waals surface area contributed by atoms with E-state index < -0.39 is 0 Å². The second-order valence-corrected chi connectivity index (χ2v) is 2.31. The summed E-state index contributed by atoms with van der Waals surface area (Å²) in [5, 5.41) is 0. The molecule has 0 spiro atoms. The van der Waals surface area contributed by atoms with Crippen molar-refractivity contribution < 1.29 is 0 Å². The average Bonchev–Trinajstić information content (AvgIpc) is 2.44.